The summed E-state index contributed by atoms with van der Waals surface area (Å²) in [5.41, 5.74) is 0. The summed E-state index contributed by atoms with van der Waals surface area (Å²) in [5, 5.41) is 163. The molecule has 5 saturated heterocycles. The van der Waals surface area contributed by atoms with Gasteiger partial charge < -0.3 is 130 Å². The molecular formula is C34H58N2O26. The zero-order valence-electron chi connectivity index (χ0n) is 33.2. The molecule has 28 nitrogen and oxygen atoms in total. The van der Waals surface area contributed by atoms with E-state index in [-0.39, 0.29) is 0 Å². The summed E-state index contributed by atoms with van der Waals surface area (Å²) in [7, 11) is 0. The SMILES string of the molecule is CC(=O)N[C@@H]1[C@H](O[C@H]2[C@H](O)[C@@H](NC(C)=O)[C@@H](O)O[C@@H]2CO)O[C@@H](CO)[C@H](O[C@H]2O[C@H](CO[C@H]3O[C@H](CO)[C@@H](O)[C@H](O)[C@@H]3O)[C@@H](O)[C@H](O[C@@H]3O[C@H](CO)[C@@H](O)[C@H](O)[C@@H]3O)[C@H]2O)[C@H]1O. The molecule has 5 fully saturated rings. The standard InChI is InChI=1S/C34H58N2O26/c1-8(41)35-15-20(46)27(12(5-39)55-30(15)53)60-31-16(36-9(2)42)21(47)28(13(6-40)58-31)61-34-26(52)29(62-33-25(51)23(49)18(44)11(4-38)57-33)19(45)14(59-34)7-54-32-24(50)22(48)17(43)10(3-37)56-32/h10-34,37-40,43-53H,3-7H2,1-2H3,(H,35,41)(H,36,42)/t10-,11-,12-,13+,14-,15-,16+,17-,18-,19-,20-,21+,22+,23+,24+,25+,26-,27-,28+,29+,30+,31+,32+,33+,34-/m1/s1. The van der Waals surface area contributed by atoms with Gasteiger partial charge in [-0.3, -0.25) is 9.59 Å². The third kappa shape index (κ3) is 11.0. The molecule has 25 atom stereocenters. The van der Waals surface area contributed by atoms with Crippen LogP contribution in [0.5, 0.6) is 0 Å². The second kappa shape index (κ2) is 22.0. The summed E-state index contributed by atoms with van der Waals surface area (Å²) in [4.78, 5) is 24.2. The van der Waals surface area contributed by atoms with Gasteiger partial charge in [0.2, 0.25) is 11.8 Å². The van der Waals surface area contributed by atoms with E-state index in [9.17, 15) is 86.2 Å². The molecular weight excluding hydrogens is 852 g/mol. The first-order chi connectivity index (χ1) is 29.3. The molecule has 0 aliphatic carbocycles. The lowest BCUT2D eigenvalue weighted by Crippen LogP contribution is -2.70. The predicted molar refractivity (Wildman–Crippen MR) is 190 cm³/mol. The zero-order chi connectivity index (χ0) is 45.9. The molecule has 0 saturated carbocycles. The van der Waals surface area contributed by atoms with Crippen molar-refractivity contribution in [1.82, 2.24) is 10.6 Å². The van der Waals surface area contributed by atoms with Gasteiger partial charge in [-0.05, 0) is 0 Å². The Morgan fingerprint density at radius 1 is 0.419 bits per heavy atom. The number of aliphatic hydroxyl groups is 15. The number of aliphatic hydroxyl groups excluding tert-OH is 15. The van der Waals surface area contributed by atoms with E-state index in [2.05, 4.69) is 10.6 Å². The first kappa shape index (κ1) is 51.0. The third-order valence-corrected chi connectivity index (χ3v) is 11.1. The second-order valence-corrected chi connectivity index (χ2v) is 15.5. The Kier molecular flexibility index (Phi) is 18.1. The van der Waals surface area contributed by atoms with Crippen molar-refractivity contribution in [2.75, 3.05) is 33.0 Å². The fraction of sp³-hybridized carbons (Fsp3) is 0.941. The van der Waals surface area contributed by atoms with Crippen LogP contribution in [0.4, 0.5) is 0 Å². The molecule has 0 spiro atoms. The van der Waals surface area contributed by atoms with Crippen LogP contribution in [0.2, 0.25) is 0 Å². The first-order valence-corrected chi connectivity index (χ1v) is 19.6. The van der Waals surface area contributed by atoms with Gasteiger partial charge in [0.15, 0.2) is 31.5 Å². The van der Waals surface area contributed by atoms with Crippen molar-refractivity contribution in [1.29, 1.82) is 0 Å². The van der Waals surface area contributed by atoms with Crippen molar-refractivity contribution in [3.05, 3.63) is 0 Å². The topological polar surface area (TPSA) is 445 Å². The quantitative estimate of drug-likeness (QED) is 0.0725. The van der Waals surface area contributed by atoms with Gasteiger partial charge in [-0.1, -0.05) is 0 Å². The fourth-order valence-corrected chi connectivity index (χ4v) is 7.73. The number of nitrogens with one attached hydrogen (secondary N) is 2. The van der Waals surface area contributed by atoms with Gasteiger partial charge in [-0.2, -0.15) is 0 Å². The summed E-state index contributed by atoms with van der Waals surface area (Å²) < 4.78 is 50.8. The van der Waals surface area contributed by atoms with Crippen LogP contribution in [-0.4, -0.2) is 275 Å². The highest BCUT2D eigenvalue weighted by Crippen LogP contribution is 2.35. The number of ether oxygens (including phenoxy) is 9. The molecule has 2 amide bonds. The highest BCUT2D eigenvalue weighted by molar-refractivity contribution is 5.73. The normalized spacial score (nSPS) is 49.0. The lowest BCUT2D eigenvalue weighted by Gasteiger charge is -2.50. The molecule has 0 aromatic heterocycles. The van der Waals surface area contributed by atoms with Crippen LogP contribution in [0, 0.1) is 0 Å². The van der Waals surface area contributed by atoms with Gasteiger partial charge in [0.05, 0.1) is 33.0 Å². The second-order valence-electron chi connectivity index (χ2n) is 15.5. The van der Waals surface area contributed by atoms with Crippen LogP contribution in [0.15, 0.2) is 0 Å². The minimum Gasteiger partial charge on any atom is -0.394 e. The van der Waals surface area contributed by atoms with Crippen LogP contribution in [0.25, 0.3) is 0 Å². The molecule has 0 bridgehead atoms. The Morgan fingerprint density at radius 2 is 0.823 bits per heavy atom. The minimum atomic E-state index is -2.18. The maximum atomic E-state index is 12.4. The highest BCUT2D eigenvalue weighted by Gasteiger charge is 2.56. The number of amides is 2. The lowest BCUT2D eigenvalue weighted by molar-refractivity contribution is -0.384. The van der Waals surface area contributed by atoms with Gasteiger partial charge in [-0.15, -0.1) is 0 Å². The van der Waals surface area contributed by atoms with E-state index in [0.717, 1.165) is 13.8 Å². The van der Waals surface area contributed by atoms with Crippen LogP contribution in [-0.2, 0) is 52.2 Å². The Balaban J connectivity index is 1.41. The van der Waals surface area contributed by atoms with Gasteiger partial charge >= 0.3 is 0 Å². The average molecular weight is 911 g/mol. The molecule has 360 valence electrons. The molecule has 5 heterocycles. The summed E-state index contributed by atoms with van der Waals surface area (Å²) in [6, 6.07) is -3.19. The Bertz CT molecular complexity index is 1440. The summed E-state index contributed by atoms with van der Waals surface area (Å²) in [6.45, 7) is -2.31. The molecule has 0 aromatic rings. The number of carbonyl (C=O) groups excluding carboxylic acids is 2. The summed E-state index contributed by atoms with van der Waals surface area (Å²) >= 11 is 0. The maximum Gasteiger partial charge on any atom is 0.217 e. The van der Waals surface area contributed by atoms with E-state index in [1.165, 1.54) is 0 Å². The molecule has 5 rings (SSSR count). The number of rotatable bonds is 15. The number of hydrogen-bond acceptors (Lipinski definition) is 26. The molecule has 0 radical (unpaired) electrons. The molecule has 62 heavy (non-hydrogen) atoms. The van der Waals surface area contributed by atoms with Gasteiger partial charge in [0.1, 0.15) is 122 Å². The largest absolute Gasteiger partial charge is 0.394 e. The van der Waals surface area contributed by atoms with E-state index in [1.54, 1.807) is 0 Å². The molecule has 17 N–H and O–H groups in total. The van der Waals surface area contributed by atoms with E-state index in [1.807, 2.05) is 0 Å². The van der Waals surface area contributed by atoms with Gasteiger partial charge in [0, 0.05) is 13.8 Å². The lowest BCUT2D eigenvalue weighted by atomic mass is 9.94. The minimum absolute atomic E-state index is 0.693. The smallest absolute Gasteiger partial charge is 0.217 e. The Hall–Kier alpha value is -2.02. The molecule has 5 aliphatic heterocycles. The zero-order valence-corrected chi connectivity index (χ0v) is 33.2. The maximum absolute atomic E-state index is 12.4. The summed E-state index contributed by atoms with van der Waals surface area (Å²) in [5.74, 6) is -1.49. The van der Waals surface area contributed by atoms with Crippen molar-refractivity contribution in [3.63, 3.8) is 0 Å². The fourth-order valence-electron chi connectivity index (χ4n) is 7.73. The molecule has 0 aromatic carbocycles. The Morgan fingerprint density at radius 3 is 1.35 bits per heavy atom. The predicted octanol–water partition coefficient (Wildman–Crippen LogP) is -11.6. The molecule has 0 unspecified atom stereocenters. The van der Waals surface area contributed by atoms with Crippen molar-refractivity contribution < 1.29 is 129 Å². The molecule has 5 aliphatic rings. The van der Waals surface area contributed by atoms with E-state index >= 15 is 0 Å². The first-order valence-electron chi connectivity index (χ1n) is 19.6. The van der Waals surface area contributed by atoms with Crippen molar-refractivity contribution in [2.24, 2.45) is 0 Å². The number of carbonyl (C=O) groups is 2. The van der Waals surface area contributed by atoms with Crippen LogP contribution < -0.4 is 10.6 Å². The number of hydrogen-bond donors (Lipinski definition) is 17. The monoisotopic (exact) mass is 910 g/mol. The van der Waals surface area contributed by atoms with Gasteiger partial charge in [-0.25, -0.2) is 0 Å². The highest BCUT2D eigenvalue weighted by atomic mass is 16.8. The van der Waals surface area contributed by atoms with E-state index in [4.69, 9.17) is 42.6 Å². The third-order valence-electron chi connectivity index (χ3n) is 11.1. The van der Waals surface area contributed by atoms with E-state index < -0.39 is 198 Å². The van der Waals surface area contributed by atoms with Crippen molar-refractivity contribution >= 4 is 11.8 Å². The van der Waals surface area contributed by atoms with Crippen molar-refractivity contribution in [2.45, 2.75) is 167 Å². The van der Waals surface area contributed by atoms with Crippen LogP contribution in [0.1, 0.15) is 13.8 Å². The van der Waals surface area contributed by atoms with Crippen molar-refractivity contribution in [3.8, 4) is 0 Å². The van der Waals surface area contributed by atoms with E-state index in [0.29, 0.717) is 0 Å². The average Bonchev–Trinajstić information content (AvgIpc) is 3.23. The van der Waals surface area contributed by atoms with Crippen LogP contribution in [0.3, 0.4) is 0 Å². The van der Waals surface area contributed by atoms with Gasteiger partial charge in [0.25, 0.3) is 0 Å². The van der Waals surface area contributed by atoms with Crippen LogP contribution >= 0.6 is 0 Å². The molecule has 28 heteroatoms. The summed E-state index contributed by atoms with van der Waals surface area (Å²) in [6.07, 6.45) is -42.3. The Labute approximate surface area is 351 Å².